The van der Waals surface area contributed by atoms with Gasteiger partial charge in [-0.3, -0.25) is 0 Å². The molecule has 0 aliphatic carbocycles. The van der Waals surface area contributed by atoms with Gasteiger partial charge in [0.2, 0.25) is 0 Å². The Labute approximate surface area is 64.0 Å². The fourth-order valence-electron chi connectivity index (χ4n) is 0.576. The van der Waals surface area contributed by atoms with E-state index in [4.69, 9.17) is 10.2 Å². The fraction of sp³-hybridized carbons (Fsp3) is 1.00. The summed E-state index contributed by atoms with van der Waals surface area (Å²) in [5, 5.41) is 17.6. The minimum absolute atomic E-state index is 0.00231. The van der Waals surface area contributed by atoms with Gasteiger partial charge in [-0.15, -0.1) is 0 Å². The highest BCUT2D eigenvalue weighted by molar-refractivity contribution is 9.09. The zero-order chi connectivity index (χ0) is 7.44. The van der Waals surface area contributed by atoms with Crippen molar-refractivity contribution in [1.82, 2.24) is 0 Å². The molecule has 2 nitrogen and oxygen atoms in total. The SMILES string of the molecule is C[C@H](CO)[C@H](Br)[C@@H](C)O. The lowest BCUT2D eigenvalue weighted by Gasteiger charge is -2.17. The van der Waals surface area contributed by atoms with Crippen LogP contribution in [0.15, 0.2) is 0 Å². The summed E-state index contributed by atoms with van der Waals surface area (Å²) in [5.74, 6) is 0.116. The van der Waals surface area contributed by atoms with Crippen molar-refractivity contribution in [2.45, 2.75) is 24.8 Å². The van der Waals surface area contributed by atoms with Gasteiger partial charge in [0.05, 0.1) is 6.10 Å². The molecule has 0 saturated heterocycles. The van der Waals surface area contributed by atoms with Gasteiger partial charge in [-0.05, 0) is 12.8 Å². The molecule has 0 saturated carbocycles. The van der Waals surface area contributed by atoms with Gasteiger partial charge in [-0.1, -0.05) is 22.9 Å². The summed E-state index contributed by atoms with van der Waals surface area (Å²) in [6, 6.07) is 0. The van der Waals surface area contributed by atoms with Crippen LogP contribution in [0.2, 0.25) is 0 Å². The Kier molecular flexibility index (Phi) is 4.44. The van der Waals surface area contributed by atoms with Gasteiger partial charge in [-0.2, -0.15) is 0 Å². The Morgan fingerprint density at radius 3 is 2.00 bits per heavy atom. The first-order chi connectivity index (χ1) is 4.09. The largest absolute Gasteiger partial charge is 0.396 e. The van der Waals surface area contributed by atoms with Crippen LogP contribution < -0.4 is 0 Å². The molecule has 0 bridgehead atoms. The third-order valence-electron chi connectivity index (χ3n) is 1.29. The molecular formula is C6H13BrO2. The first-order valence-electron chi connectivity index (χ1n) is 3.02. The van der Waals surface area contributed by atoms with E-state index in [-0.39, 0.29) is 17.4 Å². The van der Waals surface area contributed by atoms with Crippen LogP contribution in [0, 0.1) is 5.92 Å². The van der Waals surface area contributed by atoms with Crippen molar-refractivity contribution in [3.8, 4) is 0 Å². The standard InChI is InChI=1S/C6H13BrO2/c1-4(3-8)6(7)5(2)9/h4-6,8-9H,3H2,1-2H3/t4-,5-,6+/m1/s1. The molecule has 56 valence electrons. The van der Waals surface area contributed by atoms with Crippen LogP contribution in [0.4, 0.5) is 0 Å². The zero-order valence-electron chi connectivity index (χ0n) is 5.71. The first kappa shape index (κ1) is 9.40. The Balaban J connectivity index is 3.58. The first-order valence-corrected chi connectivity index (χ1v) is 3.94. The third-order valence-corrected chi connectivity index (χ3v) is 2.96. The number of hydrogen-bond donors (Lipinski definition) is 2. The van der Waals surface area contributed by atoms with Crippen LogP contribution in [-0.4, -0.2) is 27.8 Å². The monoisotopic (exact) mass is 196 g/mol. The molecule has 3 atom stereocenters. The lowest BCUT2D eigenvalue weighted by molar-refractivity contribution is 0.146. The van der Waals surface area contributed by atoms with Gasteiger partial charge in [0, 0.05) is 11.4 Å². The Bertz CT molecular complexity index is 75.5. The van der Waals surface area contributed by atoms with E-state index >= 15 is 0 Å². The molecule has 0 radical (unpaired) electrons. The number of aliphatic hydroxyl groups excluding tert-OH is 2. The lowest BCUT2D eigenvalue weighted by Crippen LogP contribution is -2.25. The molecule has 9 heavy (non-hydrogen) atoms. The molecule has 0 aromatic heterocycles. The van der Waals surface area contributed by atoms with Crippen LogP contribution in [0.3, 0.4) is 0 Å². The number of aliphatic hydroxyl groups is 2. The average Bonchev–Trinajstić information content (AvgIpc) is 1.84. The van der Waals surface area contributed by atoms with E-state index < -0.39 is 6.10 Å². The van der Waals surface area contributed by atoms with Crippen molar-refractivity contribution in [1.29, 1.82) is 0 Å². The van der Waals surface area contributed by atoms with Gasteiger partial charge in [0.1, 0.15) is 0 Å². The molecule has 0 aromatic rings. The molecule has 0 unspecified atom stereocenters. The van der Waals surface area contributed by atoms with E-state index in [0.29, 0.717) is 0 Å². The molecule has 0 aliphatic heterocycles. The second-order valence-electron chi connectivity index (χ2n) is 2.34. The smallest absolute Gasteiger partial charge is 0.0640 e. The van der Waals surface area contributed by atoms with Crippen molar-refractivity contribution in [2.24, 2.45) is 5.92 Å². The quantitative estimate of drug-likeness (QED) is 0.655. The normalized spacial score (nSPS) is 21.0. The molecular weight excluding hydrogens is 184 g/mol. The highest BCUT2D eigenvalue weighted by Gasteiger charge is 2.17. The molecule has 3 heteroatoms. The average molecular weight is 197 g/mol. The van der Waals surface area contributed by atoms with Crippen molar-refractivity contribution in [3.63, 3.8) is 0 Å². The van der Waals surface area contributed by atoms with Gasteiger partial charge in [0.25, 0.3) is 0 Å². The third kappa shape index (κ3) is 3.18. The molecule has 0 fully saturated rings. The number of rotatable bonds is 3. The van der Waals surface area contributed by atoms with E-state index in [1.54, 1.807) is 6.92 Å². The number of hydrogen-bond acceptors (Lipinski definition) is 2. The molecule has 0 spiro atoms. The Hall–Kier alpha value is 0.400. The van der Waals surface area contributed by atoms with Crippen molar-refractivity contribution < 1.29 is 10.2 Å². The van der Waals surface area contributed by atoms with Crippen LogP contribution in [0.25, 0.3) is 0 Å². The van der Waals surface area contributed by atoms with Crippen molar-refractivity contribution in [2.75, 3.05) is 6.61 Å². The molecule has 0 heterocycles. The maximum atomic E-state index is 8.96. The van der Waals surface area contributed by atoms with Gasteiger partial charge >= 0.3 is 0 Å². The van der Waals surface area contributed by atoms with E-state index in [0.717, 1.165) is 0 Å². The summed E-state index contributed by atoms with van der Waals surface area (Å²) in [5.41, 5.74) is 0. The second kappa shape index (κ2) is 4.25. The highest BCUT2D eigenvalue weighted by Crippen LogP contribution is 2.15. The molecule has 0 amide bonds. The maximum absolute atomic E-state index is 8.96. The number of alkyl halides is 1. The second-order valence-corrected chi connectivity index (χ2v) is 3.40. The topological polar surface area (TPSA) is 40.5 Å². The minimum Gasteiger partial charge on any atom is -0.396 e. The molecule has 2 N–H and O–H groups in total. The Morgan fingerprint density at radius 2 is 1.89 bits per heavy atom. The summed E-state index contributed by atoms with van der Waals surface area (Å²) in [7, 11) is 0. The zero-order valence-corrected chi connectivity index (χ0v) is 7.30. The van der Waals surface area contributed by atoms with E-state index in [1.165, 1.54) is 0 Å². The summed E-state index contributed by atoms with van der Waals surface area (Å²) in [6.45, 7) is 3.69. The molecule has 0 aliphatic rings. The highest BCUT2D eigenvalue weighted by atomic mass is 79.9. The summed E-state index contributed by atoms with van der Waals surface area (Å²) < 4.78 is 0. The van der Waals surface area contributed by atoms with Crippen LogP contribution in [0.5, 0.6) is 0 Å². The van der Waals surface area contributed by atoms with Crippen molar-refractivity contribution >= 4 is 15.9 Å². The van der Waals surface area contributed by atoms with E-state index in [9.17, 15) is 0 Å². The Morgan fingerprint density at radius 1 is 1.44 bits per heavy atom. The van der Waals surface area contributed by atoms with Crippen LogP contribution in [-0.2, 0) is 0 Å². The predicted octanol–water partition coefficient (Wildman–Crippen LogP) is 0.759. The minimum atomic E-state index is -0.396. The summed E-state index contributed by atoms with van der Waals surface area (Å²) in [6.07, 6.45) is -0.396. The molecule has 0 rings (SSSR count). The van der Waals surface area contributed by atoms with Gasteiger partial charge in [0.15, 0.2) is 0 Å². The van der Waals surface area contributed by atoms with E-state index in [1.807, 2.05) is 6.92 Å². The summed E-state index contributed by atoms with van der Waals surface area (Å²) >= 11 is 3.26. The van der Waals surface area contributed by atoms with Gasteiger partial charge < -0.3 is 10.2 Å². The molecule has 0 aromatic carbocycles. The van der Waals surface area contributed by atoms with Gasteiger partial charge in [-0.25, -0.2) is 0 Å². The van der Waals surface area contributed by atoms with E-state index in [2.05, 4.69) is 15.9 Å². The lowest BCUT2D eigenvalue weighted by atomic mass is 10.1. The van der Waals surface area contributed by atoms with Crippen LogP contribution >= 0.6 is 15.9 Å². The summed E-state index contributed by atoms with van der Waals surface area (Å²) in [4.78, 5) is 0.00231. The number of halogens is 1. The predicted molar refractivity (Wildman–Crippen MR) is 40.6 cm³/mol. The fourth-order valence-corrected chi connectivity index (χ4v) is 0.743. The van der Waals surface area contributed by atoms with Crippen LogP contribution in [0.1, 0.15) is 13.8 Å². The maximum Gasteiger partial charge on any atom is 0.0640 e. The van der Waals surface area contributed by atoms with Crippen molar-refractivity contribution in [3.05, 3.63) is 0 Å².